The summed E-state index contributed by atoms with van der Waals surface area (Å²) in [7, 11) is 0. The van der Waals surface area contributed by atoms with Gasteiger partial charge in [-0.05, 0) is 68.5 Å². The summed E-state index contributed by atoms with van der Waals surface area (Å²) >= 11 is 12.0. The summed E-state index contributed by atoms with van der Waals surface area (Å²) in [5, 5.41) is 17.8. The number of nitrogens with one attached hydrogen (secondary N) is 2. The van der Waals surface area contributed by atoms with Crippen molar-refractivity contribution >= 4 is 41.2 Å². The molecule has 0 radical (unpaired) electrons. The molecule has 0 aliphatic heterocycles. The van der Waals surface area contributed by atoms with Gasteiger partial charge in [0.25, 0.3) is 11.8 Å². The Morgan fingerprint density at radius 2 is 1.86 bits per heavy atom. The Kier molecular flexibility index (Phi) is 11.8. The van der Waals surface area contributed by atoms with Gasteiger partial charge in [0, 0.05) is 10.6 Å². The summed E-state index contributed by atoms with van der Waals surface area (Å²) in [6.07, 6.45) is 3.01. The molecule has 0 bridgehead atoms. The summed E-state index contributed by atoms with van der Waals surface area (Å²) in [5.41, 5.74) is 3.71. The van der Waals surface area contributed by atoms with Gasteiger partial charge in [-0.15, -0.1) is 6.58 Å². The van der Waals surface area contributed by atoms with Gasteiger partial charge in [0.1, 0.15) is 11.8 Å². The minimum absolute atomic E-state index is 0.0406. The molecule has 0 spiro atoms. The maximum atomic E-state index is 12.9. The van der Waals surface area contributed by atoms with Gasteiger partial charge in [0.05, 0.1) is 17.8 Å². The van der Waals surface area contributed by atoms with Crippen molar-refractivity contribution in [3.05, 3.63) is 64.2 Å². The minimum Gasteiger partial charge on any atom is -0.504 e. The van der Waals surface area contributed by atoms with Crippen LogP contribution < -0.4 is 20.2 Å². The van der Waals surface area contributed by atoms with Gasteiger partial charge >= 0.3 is 0 Å². The minimum atomic E-state index is -0.915. The van der Waals surface area contributed by atoms with Crippen LogP contribution in [0.5, 0.6) is 17.2 Å². The zero-order valence-corrected chi connectivity index (χ0v) is 22.9. The van der Waals surface area contributed by atoms with Crippen LogP contribution in [0.15, 0.2) is 48.1 Å². The number of hydrogen-bond acceptors (Lipinski definition) is 6. The number of phenols is 1. The van der Waals surface area contributed by atoms with Gasteiger partial charge in [0.2, 0.25) is 0 Å². The fraction of sp³-hybridized carbons (Fsp3) is 0.370. The number of nitrogens with zero attached hydrogens (tertiary/aromatic N) is 1. The molecule has 0 aromatic heterocycles. The normalized spacial score (nSPS) is 12.7. The van der Waals surface area contributed by atoms with Gasteiger partial charge in [-0.2, -0.15) is 5.10 Å². The van der Waals surface area contributed by atoms with Crippen LogP contribution in [0.2, 0.25) is 10.0 Å². The second kappa shape index (κ2) is 14.5. The molecule has 0 saturated heterocycles. The molecule has 0 heterocycles. The zero-order chi connectivity index (χ0) is 27.5. The molecule has 0 unspecified atom stereocenters. The summed E-state index contributed by atoms with van der Waals surface area (Å²) < 4.78 is 11.1. The summed E-state index contributed by atoms with van der Waals surface area (Å²) in [4.78, 5) is 25.7. The van der Waals surface area contributed by atoms with Crippen molar-refractivity contribution in [2.45, 2.75) is 52.7 Å². The largest absolute Gasteiger partial charge is 0.504 e. The van der Waals surface area contributed by atoms with Crippen LogP contribution in [-0.4, -0.2) is 41.9 Å². The van der Waals surface area contributed by atoms with E-state index in [4.69, 9.17) is 32.7 Å². The first-order valence-electron chi connectivity index (χ1n) is 11.9. The molecule has 10 heteroatoms. The van der Waals surface area contributed by atoms with Crippen molar-refractivity contribution in [1.29, 1.82) is 0 Å². The summed E-state index contributed by atoms with van der Waals surface area (Å²) in [6, 6.07) is 7.20. The van der Waals surface area contributed by atoms with Crippen LogP contribution in [0.4, 0.5) is 0 Å². The first-order chi connectivity index (χ1) is 17.5. The van der Waals surface area contributed by atoms with Gasteiger partial charge < -0.3 is 19.9 Å². The number of phenolic OH excluding ortho intramolecular Hbond substituents is 1. The molecule has 200 valence electrons. The Labute approximate surface area is 227 Å². The molecule has 37 heavy (non-hydrogen) atoms. The van der Waals surface area contributed by atoms with Crippen molar-refractivity contribution in [2.75, 3.05) is 6.61 Å². The lowest BCUT2D eigenvalue weighted by Crippen LogP contribution is -2.49. The predicted octanol–water partition coefficient (Wildman–Crippen LogP) is 5.27. The quantitative estimate of drug-likeness (QED) is 0.179. The van der Waals surface area contributed by atoms with E-state index in [-0.39, 0.29) is 16.7 Å². The van der Waals surface area contributed by atoms with Gasteiger partial charge in [-0.1, -0.05) is 43.1 Å². The average Bonchev–Trinajstić information content (AvgIpc) is 2.83. The van der Waals surface area contributed by atoms with E-state index in [0.29, 0.717) is 47.1 Å². The summed E-state index contributed by atoms with van der Waals surface area (Å²) in [5.74, 6) is -0.184. The molecule has 2 atom stereocenters. The van der Waals surface area contributed by atoms with Crippen molar-refractivity contribution in [1.82, 2.24) is 10.7 Å². The average molecular weight is 550 g/mol. The van der Waals surface area contributed by atoms with Gasteiger partial charge in [-0.25, -0.2) is 5.43 Å². The Bertz CT molecular complexity index is 1140. The molecule has 2 rings (SSSR count). The highest BCUT2D eigenvalue weighted by molar-refractivity contribution is 6.35. The van der Waals surface area contributed by atoms with Crippen molar-refractivity contribution < 1.29 is 24.2 Å². The lowest BCUT2D eigenvalue weighted by Gasteiger charge is -2.22. The van der Waals surface area contributed by atoms with E-state index < -0.39 is 24.0 Å². The van der Waals surface area contributed by atoms with Crippen LogP contribution >= 0.6 is 23.2 Å². The Balaban J connectivity index is 2.10. The number of carbonyl (C=O) groups excluding carboxylic acids is 2. The van der Waals surface area contributed by atoms with E-state index in [1.807, 2.05) is 20.8 Å². The highest BCUT2D eigenvalue weighted by Crippen LogP contribution is 2.32. The number of hydrazone groups is 1. The third-order valence-electron chi connectivity index (χ3n) is 5.14. The van der Waals surface area contributed by atoms with E-state index in [1.54, 1.807) is 37.3 Å². The van der Waals surface area contributed by atoms with E-state index in [2.05, 4.69) is 22.4 Å². The van der Waals surface area contributed by atoms with Crippen molar-refractivity contribution in [2.24, 2.45) is 11.0 Å². The zero-order valence-electron chi connectivity index (χ0n) is 21.4. The number of hydrogen-bond donors (Lipinski definition) is 3. The van der Waals surface area contributed by atoms with Crippen LogP contribution in [-0.2, 0) is 16.0 Å². The van der Waals surface area contributed by atoms with E-state index >= 15 is 0 Å². The molecular weight excluding hydrogens is 517 g/mol. The number of benzene rings is 2. The smallest absolute Gasteiger partial charge is 0.262 e. The standard InChI is InChI=1S/C27H33Cl2N3O5/c1-6-8-19-12-18(13-24(25(19)33)36-7-2)15-30-32-27(35)22(11-16(3)4)31-26(34)17(5)37-23-10-9-20(28)14-21(23)29/h6,9-10,12-17,22,33H,1,7-8,11H2,2-5H3,(H,31,34)(H,32,35)/b30-15-/t17-,22+/m0/s1. The SMILES string of the molecule is C=CCc1cc(/C=N\NC(=O)[C@@H](CC(C)C)NC(=O)[C@H](C)Oc2ccc(Cl)cc2Cl)cc(OCC)c1O. The van der Waals surface area contributed by atoms with Gasteiger partial charge in [0.15, 0.2) is 17.6 Å². The number of halogens is 2. The van der Waals surface area contributed by atoms with Crippen LogP contribution in [0.25, 0.3) is 0 Å². The second-order valence-electron chi connectivity index (χ2n) is 8.71. The molecule has 0 fully saturated rings. The van der Waals surface area contributed by atoms with E-state index in [0.717, 1.165) is 0 Å². The third kappa shape index (κ3) is 9.30. The predicted molar refractivity (Wildman–Crippen MR) is 147 cm³/mol. The van der Waals surface area contributed by atoms with E-state index in [9.17, 15) is 14.7 Å². The fourth-order valence-corrected chi connectivity index (χ4v) is 3.85. The molecule has 2 aromatic rings. The maximum Gasteiger partial charge on any atom is 0.262 e. The number of amides is 2. The lowest BCUT2D eigenvalue weighted by molar-refractivity contribution is -0.132. The third-order valence-corrected chi connectivity index (χ3v) is 5.67. The van der Waals surface area contributed by atoms with Gasteiger partial charge in [-0.3, -0.25) is 9.59 Å². The van der Waals surface area contributed by atoms with E-state index in [1.165, 1.54) is 12.3 Å². The fourth-order valence-electron chi connectivity index (χ4n) is 3.40. The number of carbonyl (C=O) groups is 2. The molecule has 2 aromatic carbocycles. The highest BCUT2D eigenvalue weighted by Gasteiger charge is 2.25. The molecule has 8 nitrogen and oxygen atoms in total. The molecule has 0 aliphatic carbocycles. The lowest BCUT2D eigenvalue weighted by atomic mass is 10.0. The first kappa shape index (κ1) is 30.0. The maximum absolute atomic E-state index is 12.9. The second-order valence-corrected chi connectivity index (χ2v) is 9.56. The highest BCUT2D eigenvalue weighted by atomic mass is 35.5. The van der Waals surface area contributed by atoms with Crippen molar-refractivity contribution in [3.63, 3.8) is 0 Å². The number of rotatable bonds is 13. The number of aromatic hydroxyl groups is 1. The van der Waals surface area contributed by atoms with Crippen LogP contribution in [0.3, 0.4) is 0 Å². The monoisotopic (exact) mass is 549 g/mol. The Morgan fingerprint density at radius 1 is 1.14 bits per heavy atom. The Hall–Kier alpha value is -3.23. The number of ether oxygens (including phenoxy) is 2. The molecule has 2 amide bonds. The van der Waals surface area contributed by atoms with Crippen molar-refractivity contribution in [3.8, 4) is 17.2 Å². The van der Waals surface area contributed by atoms with Crippen LogP contribution in [0, 0.1) is 5.92 Å². The first-order valence-corrected chi connectivity index (χ1v) is 12.7. The summed E-state index contributed by atoms with van der Waals surface area (Å²) in [6.45, 7) is 11.3. The molecule has 0 aliphatic rings. The topological polar surface area (TPSA) is 109 Å². The Morgan fingerprint density at radius 3 is 2.49 bits per heavy atom. The van der Waals surface area contributed by atoms with Crippen LogP contribution in [0.1, 0.15) is 45.2 Å². The molecular formula is C27H33Cl2N3O5. The molecule has 0 saturated carbocycles. The number of allylic oxidation sites excluding steroid dienone is 1. The molecule has 3 N–H and O–H groups in total.